The fraction of sp³-hybridized carbons (Fsp3) is 0.100. The molecular weight excluding hydrogens is 331 g/mol. The number of rotatable bonds is 4. The highest BCUT2D eigenvalue weighted by Crippen LogP contribution is 2.34. The van der Waals surface area contributed by atoms with Gasteiger partial charge in [0.05, 0.1) is 17.2 Å². The molecule has 0 radical (unpaired) electrons. The zero-order chi connectivity index (χ0) is 14.0. The third kappa shape index (κ3) is 3.11. The van der Waals surface area contributed by atoms with E-state index in [4.69, 9.17) is 27.9 Å². The zero-order valence-corrected chi connectivity index (χ0v) is 12.7. The summed E-state index contributed by atoms with van der Waals surface area (Å²) in [6.45, 7) is 0. The van der Waals surface area contributed by atoms with Gasteiger partial charge in [0, 0.05) is 17.6 Å². The first-order chi connectivity index (χ1) is 8.94. The number of benzene rings is 1. The average Bonchev–Trinajstić information content (AvgIpc) is 2.83. The van der Waals surface area contributed by atoms with Crippen LogP contribution < -0.4 is 9.46 Å². The summed E-state index contributed by atoms with van der Waals surface area (Å²) in [6, 6.07) is 2.58. The van der Waals surface area contributed by atoms with Gasteiger partial charge in [-0.3, -0.25) is 4.72 Å². The second-order valence-electron chi connectivity index (χ2n) is 3.36. The normalized spacial score (nSPS) is 11.3. The fourth-order valence-corrected chi connectivity index (χ4v) is 3.96. The molecule has 0 amide bonds. The second kappa shape index (κ2) is 5.54. The minimum absolute atomic E-state index is 0.0188. The standard InChI is InChI=1S/C10H8Cl2N2O3S2/c1-17-8-4-7(12)9(5-6(8)11)19(15,16)14-10-13-2-3-18-10/h2-5H,1H3,(H,13,14). The summed E-state index contributed by atoms with van der Waals surface area (Å²) in [7, 11) is -2.42. The molecule has 19 heavy (non-hydrogen) atoms. The van der Waals surface area contributed by atoms with Crippen molar-refractivity contribution >= 4 is 49.7 Å². The first-order valence-corrected chi connectivity index (χ1v) is 8.01. The van der Waals surface area contributed by atoms with Crippen LogP contribution in [0.3, 0.4) is 0 Å². The van der Waals surface area contributed by atoms with E-state index in [2.05, 4.69) is 9.71 Å². The number of thiazole rings is 1. The van der Waals surface area contributed by atoms with E-state index in [-0.39, 0.29) is 20.1 Å². The first-order valence-electron chi connectivity index (χ1n) is 4.89. The van der Waals surface area contributed by atoms with Gasteiger partial charge in [0.15, 0.2) is 5.13 Å². The minimum atomic E-state index is -3.84. The molecule has 0 saturated heterocycles. The highest BCUT2D eigenvalue weighted by molar-refractivity contribution is 7.93. The topological polar surface area (TPSA) is 68.3 Å². The van der Waals surface area contributed by atoms with E-state index < -0.39 is 10.0 Å². The molecule has 0 atom stereocenters. The molecular formula is C10H8Cl2N2O3S2. The maximum absolute atomic E-state index is 12.1. The summed E-state index contributed by atoms with van der Waals surface area (Å²) in [5, 5.41) is 2.08. The Kier molecular flexibility index (Phi) is 4.19. The molecule has 1 heterocycles. The number of aromatic nitrogens is 1. The lowest BCUT2D eigenvalue weighted by Gasteiger charge is -2.10. The number of methoxy groups -OCH3 is 1. The van der Waals surface area contributed by atoms with Crippen molar-refractivity contribution in [3.63, 3.8) is 0 Å². The van der Waals surface area contributed by atoms with Gasteiger partial charge in [-0.15, -0.1) is 11.3 Å². The Labute approximate surface area is 124 Å². The Morgan fingerprint density at radius 1 is 1.32 bits per heavy atom. The van der Waals surface area contributed by atoms with Crippen molar-refractivity contribution in [1.29, 1.82) is 0 Å². The number of halogens is 2. The molecule has 1 aromatic carbocycles. The Morgan fingerprint density at radius 3 is 2.63 bits per heavy atom. The second-order valence-corrected chi connectivity index (χ2v) is 6.72. The summed E-state index contributed by atoms with van der Waals surface area (Å²) < 4.78 is 31.6. The summed E-state index contributed by atoms with van der Waals surface area (Å²) >= 11 is 13.0. The number of nitrogens with one attached hydrogen (secondary N) is 1. The molecule has 0 aliphatic carbocycles. The molecule has 9 heteroatoms. The van der Waals surface area contributed by atoms with Crippen LogP contribution in [0.15, 0.2) is 28.6 Å². The third-order valence-corrected chi connectivity index (χ3v) is 5.07. The molecule has 0 bridgehead atoms. The van der Waals surface area contributed by atoms with E-state index in [0.717, 1.165) is 11.3 Å². The van der Waals surface area contributed by atoms with Gasteiger partial charge in [-0.25, -0.2) is 13.4 Å². The minimum Gasteiger partial charge on any atom is -0.495 e. The lowest BCUT2D eigenvalue weighted by atomic mass is 10.3. The molecule has 0 aliphatic heterocycles. The summed E-state index contributed by atoms with van der Waals surface area (Å²) in [6.07, 6.45) is 1.49. The van der Waals surface area contributed by atoms with Gasteiger partial charge in [-0.05, 0) is 6.07 Å². The van der Waals surface area contributed by atoms with Crippen molar-refractivity contribution in [3.8, 4) is 5.75 Å². The predicted molar refractivity (Wildman–Crippen MR) is 75.9 cm³/mol. The predicted octanol–water partition coefficient (Wildman–Crippen LogP) is 3.26. The van der Waals surface area contributed by atoms with Crippen molar-refractivity contribution in [2.45, 2.75) is 4.90 Å². The van der Waals surface area contributed by atoms with E-state index in [9.17, 15) is 8.42 Å². The van der Waals surface area contributed by atoms with Crippen molar-refractivity contribution in [3.05, 3.63) is 33.8 Å². The van der Waals surface area contributed by atoms with Crippen LogP contribution >= 0.6 is 34.5 Å². The summed E-state index contributed by atoms with van der Waals surface area (Å²) in [5.41, 5.74) is 0. The van der Waals surface area contributed by atoms with Gasteiger partial charge in [-0.1, -0.05) is 23.2 Å². The number of sulfonamides is 1. The molecule has 5 nitrogen and oxygen atoms in total. The maximum Gasteiger partial charge on any atom is 0.265 e. The summed E-state index contributed by atoms with van der Waals surface area (Å²) in [4.78, 5) is 3.71. The fourth-order valence-electron chi connectivity index (χ4n) is 1.32. The van der Waals surface area contributed by atoms with E-state index >= 15 is 0 Å². The largest absolute Gasteiger partial charge is 0.495 e. The van der Waals surface area contributed by atoms with Crippen LogP contribution in [0.2, 0.25) is 10.0 Å². The van der Waals surface area contributed by atoms with E-state index in [1.54, 1.807) is 5.38 Å². The Morgan fingerprint density at radius 2 is 2.05 bits per heavy atom. The monoisotopic (exact) mass is 338 g/mol. The van der Waals surface area contributed by atoms with Crippen LogP contribution in [0.4, 0.5) is 5.13 Å². The van der Waals surface area contributed by atoms with Crippen LogP contribution in [-0.2, 0) is 10.0 Å². The molecule has 0 aliphatic rings. The van der Waals surface area contributed by atoms with E-state index in [1.165, 1.54) is 25.4 Å². The number of ether oxygens (including phenoxy) is 1. The van der Waals surface area contributed by atoms with Crippen LogP contribution in [-0.4, -0.2) is 20.5 Å². The highest BCUT2D eigenvalue weighted by Gasteiger charge is 2.21. The van der Waals surface area contributed by atoms with Crippen molar-refractivity contribution in [2.24, 2.45) is 0 Å². The Hall–Kier alpha value is -1.02. The molecule has 102 valence electrons. The van der Waals surface area contributed by atoms with Crippen molar-refractivity contribution < 1.29 is 13.2 Å². The van der Waals surface area contributed by atoms with Crippen LogP contribution in [0.5, 0.6) is 5.75 Å². The maximum atomic E-state index is 12.1. The van der Waals surface area contributed by atoms with Crippen LogP contribution in [0.25, 0.3) is 0 Å². The lowest BCUT2D eigenvalue weighted by Crippen LogP contribution is -2.13. The summed E-state index contributed by atoms with van der Waals surface area (Å²) in [5.74, 6) is 0.305. The number of hydrogen-bond donors (Lipinski definition) is 1. The van der Waals surface area contributed by atoms with Gasteiger partial charge in [0.1, 0.15) is 10.6 Å². The van der Waals surface area contributed by atoms with E-state index in [1.807, 2.05) is 0 Å². The SMILES string of the molecule is COc1cc(Cl)c(S(=O)(=O)Nc2nccs2)cc1Cl. The van der Waals surface area contributed by atoms with Crippen molar-refractivity contribution in [2.75, 3.05) is 11.8 Å². The molecule has 1 aromatic heterocycles. The van der Waals surface area contributed by atoms with Gasteiger partial charge < -0.3 is 4.74 Å². The number of anilines is 1. The smallest absolute Gasteiger partial charge is 0.265 e. The molecule has 0 spiro atoms. The van der Waals surface area contributed by atoms with Gasteiger partial charge in [0.2, 0.25) is 0 Å². The molecule has 2 rings (SSSR count). The van der Waals surface area contributed by atoms with E-state index in [0.29, 0.717) is 5.75 Å². The number of hydrogen-bond acceptors (Lipinski definition) is 5. The van der Waals surface area contributed by atoms with Crippen LogP contribution in [0, 0.1) is 0 Å². The molecule has 1 N–H and O–H groups in total. The average molecular weight is 339 g/mol. The van der Waals surface area contributed by atoms with Gasteiger partial charge >= 0.3 is 0 Å². The first kappa shape index (κ1) is 14.4. The lowest BCUT2D eigenvalue weighted by molar-refractivity contribution is 0.414. The Balaban J connectivity index is 2.43. The highest BCUT2D eigenvalue weighted by atomic mass is 35.5. The third-order valence-electron chi connectivity index (χ3n) is 2.15. The van der Waals surface area contributed by atoms with Gasteiger partial charge in [-0.2, -0.15) is 0 Å². The molecule has 0 fully saturated rings. The number of nitrogens with zero attached hydrogens (tertiary/aromatic N) is 1. The van der Waals surface area contributed by atoms with Crippen molar-refractivity contribution in [1.82, 2.24) is 4.98 Å². The molecule has 2 aromatic rings. The van der Waals surface area contributed by atoms with Gasteiger partial charge in [0.25, 0.3) is 10.0 Å². The quantitative estimate of drug-likeness (QED) is 0.928. The Bertz CT molecular complexity index is 687. The zero-order valence-electron chi connectivity index (χ0n) is 9.55. The molecule has 0 unspecified atom stereocenters. The molecule has 0 saturated carbocycles. The van der Waals surface area contributed by atoms with Crippen LogP contribution in [0.1, 0.15) is 0 Å².